The lowest BCUT2D eigenvalue weighted by atomic mass is 10.1. The van der Waals surface area contributed by atoms with E-state index in [4.69, 9.17) is 4.74 Å². The minimum Gasteiger partial charge on any atom is -0.483 e. The number of carbonyl (C=O) groups is 2. The highest BCUT2D eigenvalue weighted by Crippen LogP contribution is 2.15. The Morgan fingerprint density at radius 1 is 0.947 bits per heavy atom. The van der Waals surface area contributed by atoms with E-state index in [2.05, 4.69) is 14.5 Å². The Bertz CT molecular complexity index is 453. The fraction of sp³-hybridized carbons (Fsp3) is 0.308. The number of hydrogen-bond donors (Lipinski definition) is 0. The Morgan fingerprint density at radius 2 is 1.47 bits per heavy atom. The fourth-order valence-electron chi connectivity index (χ4n) is 1.39. The summed E-state index contributed by atoms with van der Waals surface area (Å²) in [5.41, 5.74) is 0.553. The molecule has 0 saturated heterocycles. The predicted molar refractivity (Wildman–Crippen MR) is 68.1 cm³/mol. The Morgan fingerprint density at radius 3 is 1.89 bits per heavy atom. The Labute approximate surface area is 111 Å². The molecule has 0 aromatic heterocycles. The van der Waals surface area contributed by atoms with E-state index in [1.807, 2.05) is 6.07 Å². The molecule has 0 unspecified atom stereocenters. The van der Waals surface area contributed by atoms with E-state index in [1.54, 1.807) is 24.3 Å². The van der Waals surface area contributed by atoms with Crippen molar-refractivity contribution in [1.29, 1.82) is 0 Å². The van der Waals surface area contributed by atoms with E-state index in [9.17, 15) is 9.59 Å². The van der Waals surface area contributed by atoms with Gasteiger partial charge < -0.3 is 14.2 Å². The summed E-state index contributed by atoms with van der Waals surface area (Å²) >= 11 is 0. The minimum atomic E-state index is -1.33. The van der Waals surface area contributed by atoms with Gasteiger partial charge in [0.1, 0.15) is 0 Å². The number of aliphatic imine (C=N–C) groups is 1. The van der Waals surface area contributed by atoms with E-state index < -0.39 is 17.9 Å². The van der Waals surface area contributed by atoms with Gasteiger partial charge in [0, 0.05) is 0 Å². The zero-order chi connectivity index (χ0) is 14.3. The molecule has 0 N–H and O–H groups in total. The first kappa shape index (κ1) is 14.7. The third-order valence-electron chi connectivity index (χ3n) is 2.33. The number of esters is 2. The van der Waals surface area contributed by atoms with Crippen LogP contribution in [0.2, 0.25) is 0 Å². The van der Waals surface area contributed by atoms with Crippen molar-refractivity contribution < 1.29 is 23.8 Å². The summed E-state index contributed by atoms with van der Waals surface area (Å²) in [5.74, 6) is -2.99. The lowest BCUT2D eigenvalue weighted by molar-refractivity contribution is -0.155. The first-order valence-corrected chi connectivity index (χ1v) is 5.47. The maximum absolute atomic E-state index is 11.6. The minimum absolute atomic E-state index is 0.0788. The van der Waals surface area contributed by atoms with Crippen LogP contribution in [0.15, 0.2) is 35.3 Å². The van der Waals surface area contributed by atoms with Crippen LogP contribution in [-0.4, -0.2) is 39.2 Å². The fourth-order valence-corrected chi connectivity index (χ4v) is 1.39. The lowest BCUT2D eigenvalue weighted by Gasteiger charge is -2.13. The third kappa shape index (κ3) is 3.80. The summed E-state index contributed by atoms with van der Waals surface area (Å²) in [4.78, 5) is 27.3. The molecule has 1 rings (SSSR count). The van der Waals surface area contributed by atoms with Gasteiger partial charge in [-0.3, -0.25) is 9.59 Å². The predicted octanol–water partition coefficient (Wildman–Crippen LogP) is 1.33. The molecular weight excluding hydrogens is 250 g/mol. The molecule has 1 aromatic carbocycles. The number of rotatable bonds is 4. The topological polar surface area (TPSA) is 74.2 Å². The van der Waals surface area contributed by atoms with Gasteiger partial charge >= 0.3 is 11.9 Å². The number of carbonyl (C=O) groups excluding carboxylic acids is 2. The number of ether oxygens (including phenoxy) is 3. The molecule has 0 radical (unpaired) electrons. The van der Waals surface area contributed by atoms with Gasteiger partial charge in [-0.05, 0) is 12.1 Å². The maximum atomic E-state index is 11.6. The molecule has 0 amide bonds. The quantitative estimate of drug-likeness (QED) is 0.355. The van der Waals surface area contributed by atoms with Gasteiger partial charge in [0.05, 0.1) is 27.0 Å². The monoisotopic (exact) mass is 265 g/mol. The van der Waals surface area contributed by atoms with Crippen LogP contribution in [0, 0.1) is 5.92 Å². The summed E-state index contributed by atoms with van der Waals surface area (Å²) in [6, 6.07) is 8.80. The van der Waals surface area contributed by atoms with Crippen molar-refractivity contribution in [2.24, 2.45) is 10.9 Å². The molecule has 0 heterocycles. The zero-order valence-electron chi connectivity index (χ0n) is 11.0. The average molecular weight is 265 g/mol. The molecule has 0 atom stereocenters. The number of nitrogens with zero attached hydrogens (tertiary/aromatic N) is 1. The lowest BCUT2D eigenvalue weighted by Crippen LogP contribution is -2.34. The van der Waals surface area contributed by atoms with Crippen molar-refractivity contribution in [2.75, 3.05) is 21.3 Å². The molecule has 0 spiro atoms. The van der Waals surface area contributed by atoms with Crippen LogP contribution in [0.4, 0.5) is 5.69 Å². The number of benzene rings is 1. The molecule has 102 valence electrons. The number of hydrogen-bond acceptors (Lipinski definition) is 6. The summed E-state index contributed by atoms with van der Waals surface area (Å²) in [6.45, 7) is 0. The van der Waals surface area contributed by atoms with E-state index in [0.29, 0.717) is 5.69 Å². The van der Waals surface area contributed by atoms with Crippen molar-refractivity contribution in [3.05, 3.63) is 30.3 Å². The average Bonchev–Trinajstić information content (AvgIpc) is 2.46. The van der Waals surface area contributed by atoms with Crippen molar-refractivity contribution >= 4 is 23.5 Å². The molecule has 6 nitrogen and oxygen atoms in total. The van der Waals surface area contributed by atoms with E-state index >= 15 is 0 Å². The molecule has 1 aromatic rings. The van der Waals surface area contributed by atoms with Gasteiger partial charge in [-0.1, -0.05) is 18.2 Å². The maximum Gasteiger partial charge on any atom is 0.329 e. The normalized spacial score (nSPS) is 11.1. The highest BCUT2D eigenvalue weighted by atomic mass is 16.6. The summed E-state index contributed by atoms with van der Waals surface area (Å²) < 4.78 is 14.1. The van der Waals surface area contributed by atoms with Crippen LogP contribution < -0.4 is 0 Å². The highest BCUT2D eigenvalue weighted by Gasteiger charge is 2.35. The molecular formula is C13H15NO5. The van der Waals surface area contributed by atoms with Crippen molar-refractivity contribution in [3.8, 4) is 0 Å². The SMILES string of the molecule is COC(=O)C(C(=O)OC)C(=Nc1ccccc1)OC. The van der Waals surface area contributed by atoms with Crippen LogP contribution in [0.1, 0.15) is 0 Å². The summed E-state index contributed by atoms with van der Waals surface area (Å²) in [7, 11) is 3.67. The first-order valence-electron chi connectivity index (χ1n) is 5.47. The molecule has 0 aliphatic carbocycles. The van der Waals surface area contributed by atoms with Crippen LogP contribution in [0.3, 0.4) is 0 Å². The van der Waals surface area contributed by atoms with Gasteiger partial charge in [-0.25, -0.2) is 4.99 Å². The Hall–Kier alpha value is -2.37. The van der Waals surface area contributed by atoms with E-state index in [0.717, 1.165) is 0 Å². The summed E-state index contributed by atoms with van der Waals surface area (Å²) in [6.07, 6.45) is 0. The smallest absolute Gasteiger partial charge is 0.329 e. The molecule has 0 bridgehead atoms. The Kier molecular flexibility index (Phi) is 5.53. The number of methoxy groups -OCH3 is 3. The second-order valence-electron chi connectivity index (χ2n) is 3.47. The largest absolute Gasteiger partial charge is 0.483 e. The van der Waals surface area contributed by atoms with Crippen LogP contribution in [0.5, 0.6) is 0 Å². The van der Waals surface area contributed by atoms with Crippen LogP contribution in [0.25, 0.3) is 0 Å². The second-order valence-corrected chi connectivity index (χ2v) is 3.47. The van der Waals surface area contributed by atoms with Crippen LogP contribution in [-0.2, 0) is 23.8 Å². The highest BCUT2D eigenvalue weighted by molar-refractivity contribution is 6.14. The first-order chi connectivity index (χ1) is 9.13. The van der Waals surface area contributed by atoms with Gasteiger partial charge in [-0.2, -0.15) is 0 Å². The van der Waals surface area contributed by atoms with Crippen molar-refractivity contribution in [1.82, 2.24) is 0 Å². The molecule has 0 aliphatic heterocycles. The third-order valence-corrected chi connectivity index (χ3v) is 2.33. The molecule has 0 aliphatic rings. The zero-order valence-corrected chi connectivity index (χ0v) is 11.0. The van der Waals surface area contributed by atoms with Crippen molar-refractivity contribution in [3.63, 3.8) is 0 Å². The molecule has 19 heavy (non-hydrogen) atoms. The summed E-state index contributed by atoms with van der Waals surface area (Å²) in [5, 5.41) is 0. The molecule has 6 heteroatoms. The van der Waals surface area contributed by atoms with Gasteiger partial charge in [-0.15, -0.1) is 0 Å². The second kappa shape index (κ2) is 7.15. The molecule has 0 saturated carbocycles. The van der Waals surface area contributed by atoms with Gasteiger partial charge in [0.15, 0.2) is 0 Å². The van der Waals surface area contributed by atoms with Crippen molar-refractivity contribution in [2.45, 2.75) is 0 Å². The van der Waals surface area contributed by atoms with E-state index in [1.165, 1.54) is 21.3 Å². The van der Waals surface area contributed by atoms with Gasteiger partial charge in [0.2, 0.25) is 11.8 Å². The molecule has 0 fully saturated rings. The Balaban J connectivity index is 3.13. The standard InChI is InChI=1S/C13H15NO5/c1-17-11(14-9-7-5-4-6-8-9)10(12(15)18-2)13(16)19-3/h4-8,10H,1-3H3. The van der Waals surface area contributed by atoms with Crippen LogP contribution >= 0.6 is 0 Å². The number of para-hydroxylation sites is 1. The van der Waals surface area contributed by atoms with Gasteiger partial charge in [0.25, 0.3) is 0 Å². The van der Waals surface area contributed by atoms with E-state index in [-0.39, 0.29) is 5.90 Å².